The maximum Gasteiger partial charge on any atom is 0.251 e. The molecule has 1 aliphatic rings. The number of aliphatic hydroxyl groups is 1. The van der Waals surface area contributed by atoms with Gasteiger partial charge in [0.1, 0.15) is 5.52 Å². The Morgan fingerprint density at radius 3 is 2.95 bits per heavy atom. The Morgan fingerprint density at radius 2 is 2.30 bits per heavy atom. The molecule has 0 atom stereocenters. The molecule has 1 fully saturated rings. The Kier molecular flexibility index (Phi) is 3.17. The van der Waals surface area contributed by atoms with E-state index in [0.717, 1.165) is 30.4 Å². The van der Waals surface area contributed by atoms with Gasteiger partial charge in [0.25, 0.3) is 5.91 Å². The van der Waals surface area contributed by atoms with E-state index in [1.165, 1.54) is 0 Å². The smallest absolute Gasteiger partial charge is 0.251 e. The number of nitrogens with one attached hydrogen (secondary N) is 1. The summed E-state index contributed by atoms with van der Waals surface area (Å²) in [6.07, 6.45) is 1.96. The Morgan fingerprint density at radius 1 is 1.50 bits per heavy atom. The van der Waals surface area contributed by atoms with Crippen molar-refractivity contribution in [1.29, 1.82) is 0 Å². The lowest BCUT2D eigenvalue weighted by molar-refractivity contribution is 0.0935. The van der Waals surface area contributed by atoms with Gasteiger partial charge in [-0.3, -0.25) is 4.79 Å². The van der Waals surface area contributed by atoms with Gasteiger partial charge >= 0.3 is 0 Å². The lowest BCUT2D eigenvalue weighted by atomic mass is 10.1. The molecule has 106 valence electrons. The van der Waals surface area contributed by atoms with E-state index in [1.54, 1.807) is 16.8 Å². The van der Waals surface area contributed by atoms with Gasteiger partial charge in [-0.05, 0) is 38.0 Å². The molecule has 1 aliphatic carbocycles. The van der Waals surface area contributed by atoms with Crippen molar-refractivity contribution in [1.82, 2.24) is 20.3 Å². The van der Waals surface area contributed by atoms with Gasteiger partial charge in [0.2, 0.25) is 0 Å². The van der Waals surface area contributed by atoms with E-state index in [2.05, 4.69) is 15.6 Å². The molecule has 0 spiro atoms. The molecule has 3 rings (SSSR count). The number of rotatable bonds is 5. The molecule has 2 aromatic rings. The van der Waals surface area contributed by atoms with E-state index in [4.69, 9.17) is 0 Å². The number of benzene rings is 1. The molecule has 1 heterocycles. The maximum absolute atomic E-state index is 12.1. The van der Waals surface area contributed by atoms with Gasteiger partial charge < -0.3 is 10.4 Å². The van der Waals surface area contributed by atoms with Crippen molar-refractivity contribution in [2.75, 3.05) is 13.2 Å². The summed E-state index contributed by atoms with van der Waals surface area (Å²) in [4.78, 5) is 12.1. The summed E-state index contributed by atoms with van der Waals surface area (Å²) < 4.78 is 1.79. The third-order valence-corrected chi connectivity index (χ3v) is 3.99. The van der Waals surface area contributed by atoms with Crippen LogP contribution in [0.3, 0.4) is 0 Å². The standard InChI is InChI=1S/C14H18N4O2/c1-2-18-12-4-3-10(7-11(12)16-17-18)13(20)15-8-14(9-19)5-6-14/h3-4,7,19H,2,5-6,8-9H2,1H3,(H,15,20). The molecule has 2 N–H and O–H groups in total. The van der Waals surface area contributed by atoms with Crippen molar-refractivity contribution in [2.45, 2.75) is 26.3 Å². The third-order valence-electron chi connectivity index (χ3n) is 3.99. The van der Waals surface area contributed by atoms with Crippen LogP contribution in [0.4, 0.5) is 0 Å². The van der Waals surface area contributed by atoms with Crippen molar-refractivity contribution >= 4 is 16.9 Å². The zero-order chi connectivity index (χ0) is 14.2. The van der Waals surface area contributed by atoms with Crippen LogP contribution in [-0.4, -0.2) is 39.2 Å². The molecular weight excluding hydrogens is 256 g/mol. The van der Waals surface area contributed by atoms with Crippen LogP contribution in [0, 0.1) is 5.41 Å². The van der Waals surface area contributed by atoms with Crippen LogP contribution in [0.15, 0.2) is 18.2 Å². The number of aliphatic hydroxyl groups excluding tert-OH is 1. The third kappa shape index (κ3) is 2.27. The van der Waals surface area contributed by atoms with Gasteiger partial charge in [0.15, 0.2) is 0 Å². The van der Waals surface area contributed by atoms with Gasteiger partial charge in [-0.1, -0.05) is 5.21 Å². The first-order valence-electron chi connectivity index (χ1n) is 6.90. The SMILES string of the molecule is CCn1nnc2cc(C(=O)NCC3(CO)CC3)ccc21. The first-order chi connectivity index (χ1) is 9.67. The highest BCUT2D eigenvalue weighted by molar-refractivity contribution is 5.97. The van der Waals surface area contributed by atoms with Crippen molar-refractivity contribution < 1.29 is 9.90 Å². The van der Waals surface area contributed by atoms with E-state index in [1.807, 2.05) is 13.0 Å². The minimum atomic E-state index is -0.127. The molecular formula is C14H18N4O2. The molecule has 6 heteroatoms. The predicted molar refractivity (Wildman–Crippen MR) is 74.3 cm³/mol. The number of aryl methyl sites for hydroxylation is 1. The first-order valence-corrected chi connectivity index (χ1v) is 6.90. The monoisotopic (exact) mass is 274 g/mol. The van der Waals surface area contributed by atoms with Gasteiger partial charge in [0.05, 0.1) is 12.1 Å². The zero-order valence-electron chi connectivity index (χ0n) is 11.5. The fourth-order valence-corrected chi connectivity index (χ4v) is 2.28. The number of carbonyl (C=O) groups is 1. The normalized spacial score (nSPS) is 16.3. The van der Waals surface area contributed by atoms with Crippen molar-refractivity contribution in [3.63, 3.8) is 0 Å². The number of amides is 1. The summed E-state index contributed by atoms with van der Waals surface area (Å²) in [6, 6.07) is 5.40. The van der Waals surface area contributed by atoms with Crippen LogP contribution in [0.2, 0.25) is 0 Å². The number of carbonyl (C=O) groups excluding carboxylic acids is 1. The minimum Gasteiger partial charge on any atom is -0.396 e. The molecule has 0 unspecified atom stereocenters. The van der Waals surface area contributed by atoms with Crippen molar-refractivity contribution in [3.05, 3.63) is 23.8 Å². The lowest BCUT2D eigenvalue weighted by Gasteiger charge is -2.12. The van der Waals surface area contributed by atoms with E-state index in [9.17, 15) is 9.90 Å². The molecule has 1 amide bonds. The summed E-state index contributed by atoms with van der Waals surface area (Å²) >= 11 is 0. The van der Waals surface area contributed by atoms with Gasteiger partial charge in [-0.15, -0.1) is 5.10 Å². The summed E-state index contributed by atoms with van der Waals surface area (Å²) in [5, 5.41) is 20.2. The average molecular weight is 274 g/mol. The van der Waals surface area contributed by atoms with Crippen LogP contribution in [-0.2, 0) is 6.54 Å². The highest BCUT2D eigenvalue weighted by Gasteiger charge is 2.42. The Balaban J connectivity index is 1.74. The van der Waals surface area contributed by atoms with E-state index < -0.39 is 0 Å². The second-order valence-corrected chi connectivity index (χ2v) is 5.45. The number of nitrogens with zero attached hydrogens (tertiary/aromatic N) is 3. The van der Waals surface area contributed by atoms with E-state index >= 15 is 0 Å². The van der Waals surface area contributed by atoms with Gasteiger partial charge in [-0.2, -0.15) is 0 Å². The van der Waals surface area contributed by atoms with E-state index in [0.29, 0.717) is 12.1 Å². The fourth-order valence-electron chi connectivity index (χ4n) is 2.28. The van der Waals surface area contributed by atoms with Crippen LogP contribution in [0.5, 0.6) is 0 Å². The molecule has 0 aliphatic heterocycles. The van der Waals surface area contributed by atoms with Crippen LogP contribution < -0.4 is 5.32 Å². The van der Waals surface area contributed by atoms with Gasteiger partial charge in [0, 0.05) is 24.1 Å². The summed E-state index contributed by atoms with van der Waals surface area (Å²) in [6.45, 7) is 3.42. The molecule has 1 aromatic heterocycles. The molecule has 0 radical (unpaired) electrons. The molecule has 1 aromatic carbocycles. The Bertz CT molecular complexity index is 646. The predicted octanol–water partition coefficient (Wildman–Crippen LogP) is 0.953. The summed E-state index contributed by atoms with van der Waals surface area (Å²) in [7, 11) is 0. The Hall–Kier alpha value is -1.95. The van der Waals surface area contributed by atoms with Gasteiger partial charge in [-0.25, -0.2) is 4.68 Å². The van der Waals surface area contributed by atoms with E-state index in [-0.39, 0.29) is 17.9 Å². The highest BCUT2D eigenvalue weighted by atomic mass is 16.3. The molecule has 0 saturated heterocycles. The van der Waals surface area contributed by atoms with Crippen LogP contribution in [0.1, 0.15) is 30.1 Å². The lowest BCUT2D eigenvalue weighted by Crippen LogP contribution is -2.31. The quantitative estimate of drug-likeness (QED) is 0.851. The molecule has 6 nitrogen and oxygen atoms in total. The average Bonchev–Trinajstić information content (AvgIpc) is 3.16. The number of aromatic nitrogens is 3. The second kappa shape index (κ2) is 4.86. The summed E-state index contributed by atoms with van der Waals surface area (Å²) in [5.41, 5.74) is 2.15. The van der Waals surface area contributed by atoms with Crippen molar-refractivity contribution in [2.24, 2.45) is 5.41 Å². The maximum atomic E-state index is 12.1. The largest absolute Gasteiger partial charge is 0.396 e. The van der Waals surface area contributed by atoms with Crippen LogP contribution in [0.25, 0.3) is 11.0 Å². The molecule has 0 bridgehead atoms. The zero-order valence-corrected chi connectivity index (χ0v) is 11.5. The van der Waals surface area contributed by atoms with Crippen molar-refractivity contribution in [3.8, 4) is 0 Å². The highest BCUT2D eigenvalue weighted by Crippen LogP contribution is 2.44. The number of hydrogen-bond acceptors (Lipinski definition) is 4. The fraction of sp³-hybridized carbons (Fsp3) is 0.500. The summed E-state index contributed by atoms with van der Waals surface area (Å²) in [5.74, 6) is -0.127. The molecule has 1 saturated carbocycles. The second-order valence-electron chi connectivity index (χ2n) is 5.45. The number of hydrogen-bond donors (Lipinski definition) is 2. The topological polar surface area (TPSA) is 80.0 Å². The number of fused-ring (bicyclic) bond motifs is 1. The first kappa shape index (κ1) is 13.1. The molecule has 20 heavy (non-hydrogen) atoms. The Labute approximate surface area is 116 Å². The van der Waals surface area contributed by atoms with Crippen LogP contribution >= 0.6 is 0 Å². The minimum absolute atomic E-state index is 0.0783.